The van der Waals surface area contributed by atoms with E-state index in [1.807, 2.05) is 36.4 Å². The van der Waals surface area contributed by atoms with Gasteiger partial charge in [-0.3, -0.25) is 9.78 Å². The van der Waals surface area contributed by atoms with Gasteiger partial charge in [0.2, 0.25) is 5.91 Å². The number of carbonyl (C=O) groups excluding carboxylic acids is 1. The van der Waals surface area contributed by atoms with Crippen LogP contribution < -0.4 is 10.1 Å². The van der Waals surface area contributed by atoms with Gasteiger partial charge in [0, 0.05) is 18.1 Å². The lowest BCUT2D eigenvalue weighted by molar-refractivity contribution is -0.115. The highest BCUT2D eigenvalue weighted by Gasteiger charge is 2.05. The molecule has 4 nitrogen and oxygen atoms in total. The van der Waals surface area contributed by atoms with Crippen LogP contribution in [-0.2, 0) is 17.6 Å². The van der Waals surface area contributed by atoms with Gasteiger partial charge in [0.1, 0.15) is 11.5 Å². The lowest BCUT2D eigenvalue weighted by atomic mass is 10.1. The smallest absolute Gasteiger partial charge is 0.228 e. The molecule has 26 heavy (non-hydrogen) atoms. The number of rotatable bonds is 7. The lowest BCUT2D eigenvalue weighted by Crippen LogP contribution is -2.14. The molecule has 3 aromatic rings. The van der Waals surface area contributed by atoms with E-state index in [1.54, 1.807) is 24.5 Å². The Morgan fingerprint density at radius 2 is 1.50 bits per heavy atom. The molecule has 0 saturated heterocycles. The summed E-state index contributed by atoms with van der Waals surface area (Å²) in [6.07, 6.45) is 5.87. The summed E-state index contributed by atoms with van der Waals surface area (Å²) in [5.74, 6) is 1.43. The van der Waals surface area contributed by atoms with Crippen molar-refractivity contribution in [2.75, 3.05) is 5.32 Å². The largest absolute Gasteiger partial charge is 0.457 e. The molecule has 0 aliphatic carbocycles. The molecule has 0 saturated carbocycles. The molecule has 3 rings (SSSR count). The second-order valence-electron chi connectivity index (χ2n) is 6.10. The maximum atomic E-state index is 12.2. The van der Waals surface area contributed by atoms with E-state index >= 15 is 0 Å². The molecule has 1 amide bonds. The number of aromatic nitrogens is 1. The van der Waals surface area contributed by atoms with E-state index < -0.39 is 0 Å². The molecule has 0 fully saturated rings. The highest BCUT2D eigenvalue weighted by molar-refractivity contribution is 5.92. The zero-order valence-corrected chi connectivity index (χ0v) is 14.8. The number of hydrogen-bond donors (Lipinski definition) is 1. The van der Waals surface area contributed by atoms with Gasteiger partial charge in [0.05, 0.1) is 6.42 Å². The van der Waals surface area contributed by atoms with Gasteiger partial charge in [0.25, 0.3) is 0 Å². The second kappa shape index (κ2) is 8.81. The molecule has 0 atom stereocenters. The topological polar surface area (TPSA) is 51.2 Å². The van der Waals surface area contributed by atoms with Crippen LogP contribution in [0, 0.1) is 0 Å². The number of pyridine rings is 1. The van der Waals surface area contributed by atoms with Gasteiger partial charge in [-0.1, -0.05) is 37.6 Å². The highest BCUT2D eigenvalue weighted by atomic mass is 16.5. The predicted octanol–water partition coefficient (Wildman–Crippen LogP) is 5.01. The average molecular weight is 346 g/mol. The van der Waals surface area contributed by atoms with E-state index in [0.29, 0.717) is 6.42 Å². The number of aryl methyl sites for hydroxylation is 1. The number of ether oxygens (including phenoxy) is 1. The van der Waals surface area contributed by atoms with Crippen LogP contribution in [0.3, 0.4) is 0 Å². The molecule has 132 valence electrons. The number of amides is 1. The molecule has 0 spiro atoms. The Hall–Kier alpha value is -3.14. The first-order chi connectivity index (χ1) is 12.7. The molecule has 4 heteroatoms. The van der Waals surface area contributed by atoms with Crippen LogP contribution in [0.25, 0.3) is 0 Å². The van der Waals surface area contributed by atoms with Crippen LogP contribution in [0.15, 0.2) is 73.1 Å². The van der Waals surface area contributed by atoms with Gasteiger partial charge in [-0.2, -0.15) is 0 Å². The number of anilines is 1. The summed E-state index contributed by atoms with van der Waals surface area (Å²) < 4.78 is 5.72. The van der Waals surface area contributed by atoms with E-state index in [0.717, 1.165) is 35.6 Å². The lowest BCUT2D eigenvalue weighted by Gasteiger charge is -2.08. The molecular formula is C22H22N2O2. The molecule has 0 aliphatic heterocycles. The zero-order valence-electron chi connectivity index (χ0n) is 14.8. The number of hydrogen-bond acceptors (Lipinski definition) is 3. The van der Waals surface area contributed by atoms with Crippen molar-refractivity contribution in [3.63, 3.8) is 0 Å². The third-order valence-electron chi connectivity index (χ3n) is 3.95. The first-order valence-corrected chi connectivity index (χ1v) is 8.78. The monoisotopic (exact) mass is 346 g/mol. The predicted molar refractivity (Wildman–Crippen MR) is 104 cm³/mol. The molecule has 1 aromatic heterocycles. The van der Waals surface area contributed by atoms with E-state index in [-0.39, 0.29) is 5.91 Å². The Kier molecular flexibility index (Phi) is 5.99. The van der Waals surface area contributed by atoms with Crippen molar-refractivity contribution in [2.24, 2.45) is 0 Å². The summed E-state index contributed by atoms with van der Waals surface area (Å²) >= 11 is 0. The minimum atomic E-state index is -0.0314. The van der Waals surface area contributed by atoms with E-state index in [1.165, 1.54) is 5.56 Å². The standard InChI is InChI=1S/C22H22N2O2/c1-2-3-17-4-8-19(9-5-17)24-22(25)16-18-6-10-20(11-7-18)26-21-12-14-23-15-13-21/h4-15H,2-3,16H2,1H3,(H,24,25). The molecule has 1 N–H and O–H groups in total. The summed E-state index contributed by atoms with van der Waals surface area (Å²) in [4.78, 5) is 16.2. The van der Waals surface area contributed by atoms with Crippen molar-refractivity contribution in [1.82, 2.24) is 4.98 Å². The first kappa shape index (κ1) is 17.7. The minimum absolute atomic E-state index is 0.0314. The minimum Gasteiger partial charge on any atom is -0.457 e. The summed E-state index contributed by atoms with van der Waals surface area (Å²) in [5, 5.41) is 2.94. The molecule has 1 heterocycles. The number of benzene rings is 2. The van der Waals surface area contributed by atoms with Gasteiger partial charge in [0.15, 0.2) is 0 Å². The van der Waals surface area contributed by atoms with Crippen LogP contribution in [-0.4, -0.2) is 10.9 Å². The van der Waals surface area contributed by atoms with Crippen molar-refractivity contribution in [1.29, 1.82) is 0 Å². The van der Waals surface area contributed by atoms with Gasteiger partial charge < -0.3 is 10.1 Å². The normalized spacial score (nSPS) is 10.3. The van der Waals surface area contributed by atoms with Crippen LogP contribution in [0.5, 0.6) is 11.5 Å². The summed E-state index contributed by atoms with van der Waals surface area (Å²) in [6.45, 7) is 2.16. The summed E-state index contributed by atoms with van der Waals surface area (Å²) in [5.41, 5.74) is 3.05. The fourth-order valence-corrected chi connectivity index (χ4v) is 2.65. The average Bonchev–Trinajstić information content (AvgIpc) is 2.66. The molecular weight excluding hydrogens is 324 g/mol. The molecule has 2 aromatic carbocycles. The number of carbonyl (C=O) groups is 1. The summed E-state index contributed by atoms with van der Waals surface area (Å²) in [7, 11) is 0. The van der Waals surface area contributed by atoms with Crippen molar-refractivity contribution in [2.45, 2.75) is 26.2 Å². The van der Waals surface area contributed by atoms with Crippen LogP contribution >= 0.6 is 0 Å². The van der Waals surface area contributed by atoms with Gasteiger partial charge in [-0.05, 0) is 53.9 Å². The first-order valence-electron chi connectivity index (χ1n) is 8.78. The van der Waals surface area contributed by atoms with Crippen LogP contribution in [0.2, 0.25) is 0 Å². The Morgan fingerprint density at radius 1 is 0.885 bits per heavy atom. The van der Waals surface area contributed by atoms with E-state index in [2.05, 4.69) is 29.4 Å². The summed E-state index contributed by atoms with van der Waals surface area (Å²) in [6, 6.07) is 19.2. The van der Waals surface area contributed by atoms with Gasteiger partial charge in [-0.15, -0.1) is 0 Å². The zero-order chi connectivity index (χ0) is 18.2. The molecule has 0 radical (unpaired) electrons. The fraction of sp³-hybridized carbons (Fsp3) is 0.182. The van der Waals surface area contributed by atoms with Crippen molar-refractivity contribution < 1.29 is 9.53 Å². The third-order valence-corrected chi connectivity index (χ3v) is 3.95. The Balaban J connectivity index is 1.54. The van der Waals surface area contributed by atoms with E-state index in [9.17, 15) is 4.79 Å². The quantitative estimate of drug-likeness (QED) is 0.654. The second-order valence-corrected chi connectivity index (χ2v) is 6.10. The maximum absolute atomic E-state index is 12.2. The van der Waals surface area contributed by atoms with Crippen molar-refractivity contribution >= 4 is 11.6 Å². The Bertz CT molecular complexity index is 828. The van der Waals surface area contributed by atoms with Crippen LogP contribution in [0.1, 0.15) is 24.5 Å². The molecule has 0 unspecified atom stereocenters. The Morgan fingerprint density at radius 3 is 2.15 bits per heavy atom. The third kappa shape index (κ3) is 5.18. The van der Waals surface area contributed by atoms with E-state index in [4.69, 9.17) is 4.74 Å². The maximum Gasteiger partial charge on any atom is 0.228 e. The molecule has 0 aliphatic rings. The van der Waals surface area contributed by atoms with Gasteiger partial charge >= 0.3 is 0 Å². The van der Waals surface area contributed by atoms with Gasteiger partial charge in [-0.25, -0.2) is 0 Å². The van der Waals surface area contributed by atoms with Crippen molar-refractivity contribution in [3.8, 4) is 11.5 Å². The van der Waals surface area contributed by atoms with Crippen molar-refractivity contribution in [3.05, 3.63) is 84.2 Å². The highest BCUT2D eigenvalue weighted by Crippen LogP contribution is 2.21. The fourth-order valence-electron chi connectivity index (χ4n) is 2.65. The van der Waals surface area contributed by atoms with Crippen LogP contribution in [0.4, 0.5) is 5.69 Å². The molecule has 0 bridgehead atoms. The number of nitrogens with one attached hydrogen (secondary N) is 1. The SMILES string of the molecule is CCCc1ccc(NC(=O)Cc2ccc(Oc3ccncc3)cc2)cc1. The number of nitrogens with zero attached hydrogens (tertiary/aromatic N) is 1. The Labute approximate surface area is 153 Å².